The maximum Gasteiger partial charge on any atom is 0.253 e. The summed E-state index contributed by atoms with van der Waals surface area (Å²) >= 11 is 0. The minimum atomic E-state index is -0.0791. The van der Waals surface area contributed by atoms with Crippen LogP contribution in [0.5, 0.6) is 0 Å². The first-order valence-electron chi connectivity index (χ1n) is 9.35. The molecule has 146 valence electrons. The second kappa shape index (κ2) is 10.1. The highest BCUT2D eigenvalue weighted by atomic mass is 16.2. The minimum Gasteiger partial charge on any atom is -0.345 e. The van der Waals surface area contributed by atoms with Crippen molar-refractivity contribution in [1.82, 2.24) is 9.80 Å². The summed E-state index contributed by atoms with van der Waals surface area (Å²) in [6.45, 7) is 19.0. The highest BCUT2D eigenvalue weighted by Crippen LogP contribution is 2.34. The number of hydrogen-bond donors (Lipinski definition) is 0. The van der Waals surface area contributed by atoms with Gasteiger partial charge in [0.1, 0.15) is 0 Å². The molecule has 1 amide bonds. The van der Waals surface area contributed by atoms with E-state index < -0.39 is 0 Å². The number of allylic oxidation sites excluding steroid dienone is 3. The Morgan fingerprint density at radius 3 is 2.30 bits per heavy atom. The first kappa shape index (κ1) is 22.7. The molecule has 0 aromatic rings. The summed E-state index contributed by atoms with van der Waals surface area (Å²) in [5, 5.41) is 8.95. The van der Waals surface area contributed by atoms with Crippen molar-refractivity contribution in [1.29, 1.82) is 5.26 Å². The fourth-order valence-electron chi connectivity index (χ4n) is 3.12. The van der Waals surface area contributed by atoms with E-state index in [-0.39, 0.29) is 11.3 Å². The van der Waals surface area contributed by atoms with Crippen molar-refractivity contribution < 1.29 is 4.79 Å². The highest BCUT2D eigenvalue weighted by Gasteiger charge is 2.29. The predicted octanol–water partition coefficient (Wildman–Crippen LogP) is 4.26. The molecule has 4 nitrogen and oxygen atoms in total. The lowest BCUT2D eigenvalue weighted by atomic mass is 9.78. The third-order valence-electron chi connectivity index (χ3n) is 5.15. The fourth-order valence-corrected chi connectivity index (χ4v) is 3.12. The van der Waals surface area contributed by atoms with Gasteiger partial charge in [-0.3, -0.25) is 9.69 Å². The lowest BCUT2D eigenvalue weighted by Crippen LogP contribution is -2.39. The van der Waals surface area contributed by atoms with E-state index in [1.54, 1.807) is 20.2 Å². The summed E-state index contributed by atoms with van der Waals surface area (Å²) in [4.78, 5) is 16.1. The van der Waals surface area contributed by atoms with Crippen LogP contribution in [0.1, 0.15) is 33.1 Å². The van der Waals surface area contributed by atoms with Crippen LogP contribution in [0.3, 0.4) is 0 Å². The molecule has 1 aliphatic rings. The molecule has 0 aromatic heterocycles. The number of piperidine rings is 1. The van der Waals surface area contributed by atoms with Crippen molar-refractivity contribution in [2.24, 2.45) is 5.41 Å². The number of likely N-dealkylation sites (N-methyl/N-ethyl adjacent to an activating group) is 1. The molecule has 1 rings (SSSR count). The van der Waals surface area contributed by atoms with Gasteiger partial charge in [0.05, 0.1) is 6.07 Å². The predicted molar refractivity (Wildman–Crippen MR) is 113 cm³/mol. The first-order valence-corrected chi connectivity index (χ1v) is 9.35. The standard InChI is InChI=1S/C23H33N3O/c1-8-21(22(27)25(6)7)20(4)19(3)10-9-18(2)17-26-15-12-23(5,11-14-24)13-16-26/h8-10H,2-4,11-13,15-17H2,1,5-7H3/b10-9-,21-8+. The lowest BCUT2D eigenvalue weighted by Gasteiger charge is -2.38. The molecule has 1 heterocycles. The average Bonchev–Trinajstić information content (AvgIpc) is 2.62. The summed E-state index contributed by atoms with van der Waals surface area (Å²) in [5.74, 6) is -0.0791. The van der Waals surface area contributed by atoms with Crippen LogP contribution in [-0.2, 0) is 4.79 Å². The molecule has 0 saturated carbocycles. The molecular weight excluding hydrogens is 334 g/mol. The zero-order chi connectivity index (χ0) is 20.6. The van der Waals surface area contributed by atoms with Gasteiger partial charge in [0.15, 0.2) is 0 Å². The second-order valence-corrected chi connectivity index (χ2v) is 7.82. The van der Waals surface area contributed by atoms with Gasteiger partial charge in [-0.1, -0.05) is 44.9 Å². The van der Waals surface area contributed by atoms with Crippen LogP contribution in [0.4, 0.5) is 0 Å². The van der Waals surface area contributed by atoms with Gasteiger partial charge in [0.25, 0.3) is 5.91 Å². The fraction of sp³-hybridized carbons (Fsp3) is 0.478. The van der Waals surface area contributed by atoms with Crippen molar-refractivity contribution in [2.45, 2.75) is 33.1 Å². The number of nitriles is 1. The van der Waals surface area contributed by atoms with Gasteiger partial charge in [-0.05, 0) is 55.0 Å². The molecule has 4 heteroatoms. The van der Waals surface area contributed by atoms with Crippen molar-refractivity contribution in [3.63, 3.8) is 0 Å². The van der Waals surface area contributed by atoms with Gasteiger partial charge in [-0.25, -0.2) is 0 Å². The van der Waals surface area contributed by atoms with Crippen molar-refractivity contribution in [3.8, 4) is 6.07 Å². The largest absolute Gasteiger partial charge is 0.345 e. The van der Waals surface area contributed by atoms with E-state index in [2.05, 4.69) is 37.6 Å². The Morgan fingerprint density at radius 2 is 1.81 bits per heavy atom. The van der Waals surface area contributed by atoms with E-state index >= 15 is 0 Å². The summed E-state index contributed by atoms with van der Waals surface area (Å²) in [6, 6.07) is 2.31. The zero-order valence-electron chi connectivity index (χ0n) is 17.3. The van der Waals surface area contributed by atoms with E-state index in [0.29, 0.717) is 23.1 Å². The Bertz CT molecular complexity index is 696. The van der Waals surface area contributed by atoms with Gasteiger partial charge >= 0.3 is 0 Å². The molecule has 1 aliphatic heterocycles. The molecular formula is C23H33N3O. The molecule has 0 aromatic carbocycles. The third-order valence-corrected chi connectivity index (χ3v) is 5.15. The summed E-state index contributed by atoms with van der Waals surface area (Å²) in [7, 11) is 3.44. The Balaban J connectivity index is 2.58. The van der Waals surface area contributed by atoms with Gasteiger partial charge in [-0.2, -0.15) is 5.26 Å². The maximum absolute atomic E-state index is 12.2. The number of carbonyl (C=O) groups is 1. The Hall–Kier alpha value is -2.38. The van der Waals surface area contributed by atoms with E-state index in [9.17, 15) is 4.79 Å². The molecule has 27 heavy (non-hydrogen) atoms. The average molecular weight is 368 g/mol. The molecule has 0 spiro atoms. The van der Waals surface area contributed by atoms with E-state index in [0.717, 1.165) is 38.0 Å². The SMILES string of the molecule is C=C(/C=C\C(=C)C(=C)/C(=C\C)C(=O)N(C)C)CN1CCC(C)(CC#N)CC1. The number of rotatable bonds is 8. The zero-order valence-corrected chi connectivity index (χ0v) is 17.3. The van der Waals surface area contributed by atoms with E-state index in [1.807, 2.05) is 19.1 Å². The number of hydrogen-bond acceptors (Lipinski definition) is 3. The van der Waals surface area contributed by atoms with Gasteiger partial charge < -0.3 is 4.90 Å². The van der Waals surface area contributed by atoms with Crippen molar-refractivity contribution >= 4 is 5.91 Å². The van der Waals surface area contributed by atoms with Crippen LogP contribution in [-0.4, -0.2) is 49.4 Å². The monoisotopic (exact) mass is 367 g/mol. The van der Waals surface area contributed by atoms with Crippen LogP contribution in [0.15, 0.2) is 60.3 Å². The first-order chi connectivity index (χ1) is 12.6. The lowest BCUT2D eigenvalue weighted by molar-refractivity contribution is -0.124. The quantitative estimate of drug-likeness (QED) is 0.476. The Morgan fingerprint density at radius 1 is 1.22 bits per heavy atom. The van der Waals surface area contributed by atoms with Crippen LogP contribution < -0.4 is 0 Å². The van der Waals surface area contributed by atoms with Gasteiger partial charge in [-0.15, -0.1) is 0 Å². The van der Waals surface area contributed by atoms with Gasteiger partial charge in [0.2, 0.25) is 0 Å². The summed E-state index contributed by atoms with van der Waals surface area (Å²) < 4.78 is 0. The topological polar surface area (TPSA) is 47.3 Å². The van der Waals surface area contributed by atoms with Gasteiger partial charge in [0, 0.05) is 32.6 Å². The van der Waals surface area contributed by atoms with E-state index in [1.165, 1.54) is 4.90 Å². The number of nitrogens with zero attached hydrogens (tertiary/aromatic N) is 3. The van der Waals surface area contributed by atoms with Crippen LogP contribution >= 0.6 is 0 Å². The molecule has 1 saturated heterocycles. The molecule has 0 unspecified atom stereocenters. The number of likely N-dealkylation sites (tertiary alicyclic amines) is 1. The minimum absolute atomic E-state index is 0.0791. The van der Waals surface area contributed by atoms with Crippen LogP contribution in [0, 0.1) is 16.7 Å². The summed E-state index contributed by atoms with van der Waals surface area (Å²) in [6.07, 6.45) is 8.30. The Labute approximate surface area is 164 Å². The molecule has 1 fully saturated rings. The molecule has 0 radical (unpaired) electrons. The molecule has 0 atom stereocenters. The second-order valence-electron chi connectivity index (χ2n) is 7.82. The normalized spacial score (nSPS) is 17.4. The van der Waals surface area contributed by atoms with Crippen molar-refractivity contribution in [3.05, 3.63) is 60.3 Å². The number of carbonyl (C=O) groups excluding carboxylic acids is 1. The number of amides is 1. The molecule has 0 N–H and O–H groups in total. The van der Waals surface area contributed by atoms with Crippen LogP contribution in [0.25, 0.3) is 0 Å². The smallest absolute Gasteiger partial charge is 0.253 e. The maximum atomic E-state index is 12.2. The summed E-state index contributed by atoms with van der Waals surface area (Å²) in [5.41, 5.74) is 3.04. The Kier molecular flexibility index (Phi) is 8.46. The third kappa shape index (κ3) is 6.69. The van der Waals surface area contributed by atoms with Crippen LogP contribution in [0.2, 0.25) is 0 Å². The molecule has 0 aliphatic carbocycles. The molecule has 0 bridgehead atoms. The van der Waals surface area contributed by atoms with Crippen molar-refractivity contribution in [2.75, 3.05) is 33.7 Å². The highest BCUT2D eigenvalue weighted by molar-refractivity contribution is 5.98. The van der Waals surface area contributed by atoms with E-state index in [4.69, 9.17) is 5.26 Å².